The van der Waals surface area contributed by atoms with Gasteiger partial charge in [0, 0.05) is 30.2 Å². The third kappa shape index (κ3) is 3.10. The van der Waals surface area contributed by atoms with Crippen LogP contribution in [0.3, 0.4) is 0 Å². The summed E-state index contributed by atoms with van der Waals surface area (Å²) in [6.45, 7) is 3.28. The Bertz CT molecular complexity index is 809. The number of rotatable bonds is 2. The maximum atomic E-state index is 6.20. The van der Waals surface area contributed by atoms with Gasteiger partial charge in [-0.1, -0.05) is 48.0 Å². The molecule has 0 saturated carbocycles. The van der Waals surface area contributed by atoms with Crippen molar-refractivity contribution >= 4 is 11.6 Å². The molecule has 27 heavy (non-hydrogen) atoms. The van der Waals surface area contributed by atoms with Gasteiger partial charge < -0.3 is 10.6 Å². The van der Waals surface area contributed by atoms with Crippen LogP contribution in [0.2, 0.25) is 5.15 Å². The number of pyridine rings is 1. The van der Waals surface area contributed by atoms with E-state index in [0.717, 1.165) is 26.1 Å². The average Bonchev–Trinajstić information content (AvgIpc) is 3.13. The molecule has 2 N–H and O–H groups in total. The molecule has 3 aliphatic rings. The van der Waals surface area contributed by atoms with Crippen molar-refractivity contribution in [1.82, 2.24) is 15.6 Å². The largest absolute Gasteiger partial charge is 0.315 e. The molecule has 2 saturated heterocycles. The Morgan fingerprint density at radius 1 is 1.11 bits per heavy atom. The molecule has 2 fully saturated rings. The number of nitrogens with zero attached hydrogens (tertiary/aromatic N) is 1. The number of fused-ring (bicyclic) bond motifs is 2. The summed E-state index contributed by atoms with van der Waals surface area (Å²) in [7, 11) is 0. The molecule has 3 heterocycles. The lowest BCUT2D eigenvalue weighted by Crippen LogP contribution is -2.51. The van der Waals surface area contributed by atoms with E-state index in [-0.39, 0.29) is 5.41 Å². The summed E-state index contributed by atoms with van der Waals surface area (Å²) in [5, 5.41) is 8.26. The minimum atomic E-state index is 0.210. The van der Waals surface area contributed by atoms with Crippen molar-refractivity contribution in [1.29, 1.82) is 0 Å². The van der Waals surface area contributed by atoms with E-state index in [1.54, 1.807) is 0 Å². The van der Waals surface area contributed by atoms with Gasteiger partial charge in [0.1, 0.15) is 5.15 Å². The second-order valence-corrected chi connectivity index (χ2v) is 8.96. The van der Waals surface area contributed by atoms with Crippen LogP contribution in [0.5, 0.6) is 0 Å². The fraction of sp³-hybridized carbons (Fsp3) is 0.522. The van der Waals surface area contributed by atoms with Crippen molar-refractivity contribution in [2.45, 2.75) is 49.5 Å². The lowest BCUT2D eigenvalue weighted by atomic mass is 9.62. The molecular formula is C23H28ClN3. The van der Waals surface area contributed by atoms with Gasteiger partial charge in [-0.3, -0.25) is 0 Å². The van der Waals surface area contributed by atoms with Crippen LogP contribution in [-0.4, -0.2) is 30.7 Å². The van der Waals surface area contributed by atoms with Crippen molar-refractivity contribution in [3.63, 3.8) is 0 Å². The van der Waals surface area contributed by atoms with E-state index in [4.69, 9.17) is 16.6 Å². The number of benzene rings is 1. The van der Waals surface area contributed by atoms with Crippen molar-refractivity contribution in [3.8, 4) is 0 Å². The van der Waals surface area contributed by atoms with E-state index in [9.17, 15) is 0 Å². The van der Waals surface area contributed by atoms with Gasteiger partial charge in [0.2, 0.25) is 0 Å². The van der Waals surface area contributed by atoms with Crippen LogP contribution >= 0.6 is 11.6 Å². The van der Waals surface area contributed by atoms with Gasteiger partial charge in [0.25, 0.3) is 0 Å². The summed E-state index contributed by atoms with van der Waals surface area (Å²) in [6, 6.07) is 15.9. The highest BCUT2D eigenvalue weighted by Crippen LogP contribution is 2.48. The predicted molar refractivity (Wildman–Crippen MR) is 110 cm³/mol. The number of nitrogens with one attached hydrogen (secondary N) is 2. The van der Waals surface area contributed by atoms with Crippen LogP contribution in [0.15, 0.2) is 42.5 Å². The molecule has 5 rings (SSSR count). The summed E-state index contributed by atoms with van der Waals surface area (Å²) < 4.78 is 0. The number of hydrogen-bond donors (Lipinski definition) is 2. The standard InChI is InChI=1S/C23H28ClN3/c24-22-9-8-18-20(27-22)7-4-11-23(18)15-25-14-19(23)21-13-17(10-12-26-21)16-5-2-1-3-6-16/h1-3,5-6,8-9,17,19,21,25-26H,4,7,10-15H2/t17?,19-,21?,23-/m0/s1. The van der Waals surface area contributed by atoms with E-state index < -0.39 is 0 Å². The maximum Gasteiger partial charge on any atom is 0.129 e. The van der Waals surface area contributed by atoms with E-state index in [1.165, 1.54) is 42.5 Å². The fourth-order valence-electron chi connectivity index (χ4n) is 5.98. The van der Waals surface area contributed by atoms with Gasteiger partial charge in [0.15, 0.2) is 0 Å². The number of halogens is 1. The molecule has 1 aromatic carbocycles. The summed E-state index contributed by atoms with van der Waals surface area (Å²) in [5.74, 6) is 1.28. The molecule has 142 valence electrons. The molecule has 0 radical (unpaired) electrons. The topological polar surface area (TPSA) is 37.0 Å². The van der Waals surface area contributed by atoms with Gasteiger partial charge in [-0.15, -0.1) is 0 Å². The molecule has 2 unspecified atom stereocenters. The van der Waals surface area contributed by atoms with Crippen LogP contribution in [0, 0.1) is 5.92 Å². The normalized spacial score (nSPS) is 33.1. The minimum Gasteiger partial charge on any atom is -0.315 e. The highest BCUT2D eigenvalue weighted by molar-refractivity contribution is 6.29. The summed E-state index contributed by atoms with van der Waals surface area (Å²) >= 11 is 6.20. The van der Waals surface area contributed by atoms with E-state index in [0.29, 0.717) is 23.0 Å². The highest BCUT2D eigenvalue weighted by Gasteiger charge is 2.50. The first-order chi connectivity index (χ1) is 13.3. The molecule has 0 bridgehead atoms. The van der Waals surface area contributed by atoms with E-state index in [2.05, 4.69) is 47.0 Å². The predicted octanol–water partition coefficient (Wildman–Crippen LogP) is 4.06. The van der Waals surface area contributed by atoms with Gasteiger partial charge >= 0.3 is 0 Å². The van der Waals surface area contributed by atoms with E-state index >= 15 is 0 Å². The summed E-state index contributed by atoms with van der Waals surface area (Å²) in [4.78, 5) is 4.69. The molecule has 4 atom stereocenters. The first-order valence-electron chi connectivity index (χ1n) is 10.4. The maximum absolute atomic E-state index is 6.20. The molecule has 2 aromatic rings. The van der Waals surface area contributed by atoms with E-state index in [1.807, 2.05) is 6.07 Å². The molecule has 0 amide bonds. The zero-order valence-corrected chi connectivity index (χ0v) is 16.5. The Balaban J connectivity index is 1.45. The highest BCUT2D eigenvalue weighted by atomic mass is 35.5. The SMILES string of the molecule is Clc1ccc2c(n1)CCC[C@]21CNC[C@H]1C1CC(c2ccccc2)CCN1. The molecule has 3 nitrogen and oxygen atoms in total. The molecule has 2 aliphatic heterocycles. The molecule has 1 aromatic heterocycles. The summed E-state index contributed by atoms with van der Waals surface area (Å²) in [6.07, 6.45) is 6.01. The number of piperidine rings is 1. The molecule has 1 aliphatic carbocycles. The Morgan fingerprint density at radius 2 is 2.00 bits per heavy atom. The third-order valence-electron chi connectivity index (χ3n) is 7.22. The van der Waals surface area contributed by atoms with Crippen LogP contribution in [0.1, 0.15) is 48.4 Å². The Labute approximate surface area is 166 Å². The monoisotopic (exact) mass is 381 g/mol. The van der Waals surface area contributed by atoms with Gasteiger partial charge in [0.05, 0.1) is 0 Å². The molecule has 1 spiro atoms. The third-order valence-corrected chi connectivity index (χ3v) is 7.43. The number of aromatic nitrogens is 1. The van der Waals surface area contributed by atoms with Crippen molar-refractivity contribution in [2.24, 2.45) is 5.92 Å². The Kier molecular flexibility index (Phi) is 4.71. The van der Waals surface area contributed by atoms with Crippen LogP contribution in [0.4, 0.5) is 0 Å². The lowest BCUT2D eigenvalue weighted by Gasteiger charge is -2.45. The Hall–Kier alpha value is -1.42. The zero-order chi connectivity index (χ0) is 18.3. The minimum absolute atomic E-state index is 0.210. The average molecular weight is 382 g/mol. The molecule has 4 heteroatoms. The quantitative estimate of drug-likeness (QED) is 0.770. The van der Waals surface area contributed by atoms with Crippen LogP contribution < -0.4 is 10.6 Å². The van der Waals surface area contributed by atoms with Crippen LogP contribution in [-0.2, 0) is 11.8 Å². The Morgan fingerprint density at radius 3 is 2.89 bits per heavy atom. The van der Waals surface area contributed by atoms with Crippen LogP contribution in [0.25, 0.3) is 0 Å². The van der Waals surface area contributed by atoms with Gasteiger partial charge in [-0.05, 0) is 67.7 Å². The first kappa shape index (κ1) is 17.7. The lowest BCUT2D eigenvalue weighted by molar-refractivity contribution is 0.195. The smallest absolute Gasteiger partial charge is 0.129 e. The number of hydrogen-bond acceptors (Lipinski definition) is 3. The first-order valence-corrected chi connectivity index (χ1v) is 10.8. The molecular weight excluding hydrogens is 354 g/mol. The van der Waals surface area contributed by atoms with Crippen molar-refractivity contribution in [3.05, 3.63) is 64.4 Å². The van der Waals surface area contributed by atoms with Crippen molar-refractivity contribution < 1.29 is 0 Å². The fourth-order valence-corrected chi connectivity index (χ4v) is 6.15. The number of aryl methyl sites for hydroxylation is 1. The van der Waals surface area contributed by atoms with Gasteiger partial charge in [-0.25, -0.2) is 4.98 Å². The second kappa shape index (κ2) is 7.20. The zero-order valence-electron chi connectivity index (χ0n) is 15.8. The summed E-state index contributed by atoms with van der Waals surface area (Å²) in [5.41, 5.74) is 4.40. The van der Waals surface area contributed by atoms with Crippen molar-refractivity contribution in [2.75, 3.05) is 19.6 Å². The second-order valence-electron chi connectivity index (χ2n) is 8.57. The van der Waals surface area contributed by atoms with Gasteiger partial charge in [-0.2, -0.15) is 0 Å².